The molecular weight excluding hydrogens is 510 g/mol. The van der Waals surface area contributed by atoms with Crippen LogP contribution in [0.3, 0.4) is 0 Å². The number of carboxylic acid groups (broad SMARTS) is 1. The molecule has 5 rings (SSSR count). The summed E-state index contributed by atoms with van der Waals surface area (Å²) in [7, 11) is 1.54. The Hall–Kier alpha value is -5.05. The minimum absolute atomic E-state index is 0.0749. The van der Waals surface area contributed by atoms with Crippen molar-refractivity contribution in [1.29, 1.82) is 0 Å². The van der Waals surface area contributed by atoms with Crippen molar-refractivity contribution in [1.82, 2.24) is 14.5 Å². The summed E-state index contributed by atoms with van der Waals surface area (Å²) in [5.41, 5.74) is 3.61. The number of hydrogen-bond acceptors (Lipinski definition) is 6. The molecule has 0 saturated heterocycles. The lowest BCUT2D eigenvalue weighted by Gasteiger charge is -2.21. The van der Waals surface area contributed by atoms with Crippen LogP contribution in [0.1, 0.15) is 17.0 Å². The van der Waals surface area contributed by atoms with Crippen LogP contribution < -0.4 is 9.47 Å². The molecule has 0 fully saturated rings. The van der Waals surface area contributed by atoms with Gasteiger partial charge in [0.15, 0.2) is 0 Å². The highest BCUT2D eigenvalue weighted by atomic mass is 16.6. The van der Waals surface area contributed by atoms with Crippen molar-refractivity contribution in [2.75, 3.05) is 13.7 Å². The number of benzene rings is 3. The van der Waals surface area contributed by atoms with Crippen molar-refractivity contribution >= 4 is 23.0 Å². The summed E-state index contributed by atoms with van der Waals surface area (Å²) in [4.78, 5) is 30.4. The second kappa shape index (κ2) is 11.8. The summed E-state index contributed by atoms with van der Waals surface area (Å²) in [6, 6.07) is 24.1. The predicted molar refractivity (Wildman–Crippen MR) is 149 cm³/mol. The lowest BCUT2D eigenvalue weighted by atomic mass is 10.1. The van der Waals surface area contributed by atoms with Crippen LogP contribution in [0.4, 0.5) is 4.79 Å². The Morgan fingerprint density at radius 2 is 1.73 bits per heavy atom. The maximum absolute atomic E-state index is 12.9. The van der Waals surface area contributed by atoms with E-state index in [2.05, 4.69) is 4.57 Å². The van der Waals surface area contributed by atoms with Gasteiger partial charge in [-0.05, 0) is 61.0 Å². The summed E-state index contributed by atoms with van der Waals surface area (Å²) >= 11 is 0. The van der Waals surface area contributed by atoms with Crippen LogP contribution in [0.5, 0.6) is 11.5 Å². The Morgan fingerprint density at radius 3 is 2.45 bits per heavy atom. The fourth-order valence-electron chi connectivity index (χ4n) is 4.57. The molecule has 204 valence electrons. The predicted octanol–water partition coefficient (Wildman–Crippen LogP) is 5.94. The number of aryl methyl sites for hydroxylation is 3. The second-order valence-electron chi connectivity index (χ2n) is 9.29. The van der Waals surface area contributed by atoms with Crippen LogP contribution in [-0.2, 0) is 24.3 Å². The number of carbonyl (C=O) groups excluding carboxylic acids is 1. The minimum Gasteiger partial charge on any atom is -0.497 e. The lowest BCUT2D eigenvalue weighted by Crippen LogP contribution is -2.37. The summed E-state index contributed by atoms with van der Waals surface area (Å²) in [5.74, 6) is 1.18. The number of amides is 1. The Kier molecular flexibility index (Phi) is 7.82. The monoisotopic (exact) mass is 539 g/mol. The van der Waals surface area contributed by atoms with E-state index in [4.69, 9.17) is 18.9 Å². The van der Waals surface area contributed by atoms with E-state index < -0.39 is 18.6 Å². The number of aliphatic carboxylic acids is 1. The first-order chi connectivity index (χ1) is 19.4. The van der Waals surface area contributed by atoms with Crippen molar-refractivity contribution in [3.05, 3.63) is 102 Å². The standard InChI is InChI=1S/C31H29N3O6/c1-21-27(32-30(39-21)22-7-4-3-5-8-22)16-18-33-17-15-26-23(9-6-10-28(26)33)19-34(20-29(35)36)31(37)40-25-13-11-24(38-2)12-14-25/h3-15,17H,16,18-20H2,1-2H3,(H,35,36). The molecule has 2 heterocycles. The number of aromatic nitrogens is 2. The molecule has 0 aliphatic carbocycles. The second-order valence-corrected chi connectivity index (χ2v) is 9.29. The molecule has 0 atom stereocenters. The van der Waals surface area contributed by atoms with Crippen LogP contribution in [0.25, 0.3) is 22.4 Å². The SMILES string of the molecule is COc1ccc(OC(=O)N(CC(=O)O)Cc2cccc3c2ccn3CCc2nc(-c3ccccc3)oc2C)cc1. The van der Waals surface area contributed by atoms with Crippen LogP contribution in [0.2, 0.25) is 0 Å². The molecule has 1 amide bonds. The van der Waals surface area contributed by atoms with Crippen LogP contribution in [-0.4, -0.2) is 45.3 Å². The largest absolute Gasteiger partial charge is 0.497 e. The molecule has 1 N–H and O–H groups in total. The molecule has 0 spiro atoms. The highest BCUT2D eigenvalue weighted by molar-refractivity contribution is 5.85. The van der Waals surface area contributed by atoms with Gasteiger partial charge in [0.1, 0.15) is 23.8 Å². The molecule has 0 unspecified atom stereocenters. The molecule has 3 aromatic carbocycles. The number of fused-ring (bicyclic) bond motifs is 1. The Labute approximate surface area is 231 Å². The van der Waals surface area contributed by atoms with E-state index in [9.17, 15) is 14.7 Å². The Morgan fingerprint density at radius 1 is 0.975 bits per heavy atom. The zero-order valence-electron chi connectivity index (χ0n) is 22.2. The number of ether oxygens (including phenoxy) is 2. The first kappa shape index (κ1) is 26.6. The maximum Gasteiger partial charge on any atom is 0.416 e. The molecule has 9 heteroatoms. The molecule has 0 aliphatic rings. The van der Waals surface area contributed by atoms with Gasteiger partial charge in [-0.25, -0.2) is 9.78 Å². The molecule has 5 aromatic rings. The number of nitrogens with zero attached hydrogens (tertiary/aromatic N) is 3. The third kappa shape index (κ3) is 5.99. The van der Waals surface area contributed by atoms with Gasteiger partial charge in [-0.2, -0.15) is 0 Å². The normalized spacial score (nSPS) is 10.9. The fourth-order valence-corrected chi connectivity index (χ4v) is 4.57. The zero-order chi connectivity index (χ0) is 28.1. The first-order valence-corrected chi connectivity index (χ1v) is 12.8. The Bertz CT molecular complexity index is 1620. The van der Waals surface area contributed by atoms with Crippen molar-refractivity contribution in [2.24, 2.45) is 0 Å². The van der Waals surface area contributed by atoms with Crippen molar-refractivity contribution in [3.63, 3.8) is 0 Å². The average Bonchev–Trinajstić information content (AvgIpc) is 3.55. The summed E-state index contributed by atoms with van der Waals surface area (Å²) in [6.45, 7) is 2.17. The number of rotatable bonds is 10. The van der Waals surface area contributed by atoms with Gasteiger partial charge in [0.25, 0.3) is 0 Å². The van der Waals surface area contributed by atoms with Crippen molar-refractivity contribution in [3.8, 4) is 23.0 Å². The quantitative estimate of drug-likeness (QED) is 0.234. The van der Waals surface area contributed by atoms with Gasteiger partial charge in [0, 0.05) is 35.6 Å². The van der Waals surface area contributed by atoms with Crippen LogP contribution in [0, 0.1) is 6.92 Å². The van der Waals surface area contributed by atoms with Crippen molar-refractivity contribution in [2.45, 2.75) is 26.4 Å². The van der Waals surface area contributed by atoms with E-state index in [-0.39, 0.29) is 6.54 Å². The Balaban J connectivity index is 1.32. The number of oxazole rings is 1. The summed E-state index contributed by atoms with van der Waals surface area (Å²) in [6.07, 6.45) is 1.91. The van der Waals surface area contributed by atoms with Gasteiger partial charge in [-0.3, -0.25) is 9.69 Å². The molecular formula is C31H29N3O6. The van der Waals surface area contributed by atoms with E-state index in [1.165, 1.54) is 4.90 Å². The molecule has 0 radical (unpaired) electrons. The molecule has 2 aromatic heterocycles. The van der Waals surface area contributed by atoms with Gasteiger partial charge >= 0.3 is 12.1 Å². The van der Waals surface area contributed by atoms with E-state index in [0.29, 0.717) is 30.4 Å². The molecule has 9 nitrogen and oxygen atoms in total. The third-order valence-corrected chi connectivity index (χ3v) is 6.62. The van der Waals surface area contributed by atoms with Crippen LogP contribution >= 0.6 is 0 Å². The van der Waals surface area contributed by atoms with E-state index in [1.807, 2.05) is 67.7 Å². The molecule has 0 aliphatic heterocycles. The maximum atomic E-state index is 12.9. The first-order valence-electron chi connectivity index (χ1n) is 12.8. The van der Waals surface area contributed by atoms with Gasteiger partial charge in [-0.1, -0.05) is 30.3 Å². The summed E-state index contributed by atoms with van der Waals surface area (Å²) in [5, 5.41) is 10.4. The number of hydrogen-bond donors (Lipinski definition) is 1. The highest BCUT2D eigenvalue weighted by Crippen LogP contribution is 2.25. The minimum atomic E-state index is -1.13. The number of methoxy groups -OCH3 is 1. The van der Waals surface area contributed by atoms with E-state index in [0.717, 1.165) is 33.5 Å². The van der Waals surface area contributed by atoms with Gasteiger partial charge < -0.3 is 23.6 Å². The van der Waals surface area contributed by atoms with Gasteiger partial charge in [0.05, 0.1) is 19.3 Å². The fraction of sp³-hybridized carbons (Fsp3) is 0.194. The highest BCUT2D eigenvalue weighted by Gasteiger charge is 2.21. The summed E-state index contributed by atoms with van der Waals surface area (Å²) < 4.78 is 18.6. The van der Waals surface area contributed by atoms with E-state index in [1.54, 1.807) is 31.4 Å². The lowest BCUT2D eigenvalue weighted by molar-refractivity contribution is -0.138. The molecule has 40 heavy (non-hydrogen) atoms. The zero-order valence-corrected chi connectivity index (χ0v) is 22.2. The molecule has 0 saturated carbocycles. The van der Waals surface area contributed by atoms with Gasteiger partial charge in [0.2, 0.25) is 5.89 Å². The molecule has 0 bridgehead atoms. The smallest absolute Gasteiger partial charge is 0.416 e. The van der Waals surface area contributed by atoms with E-state index >= 15 is 0 Å². The van der Waals surface area contributed by atoms with Crippen LogP contribution in [0.15, 0.2) is 89.5 Å². The third-order valence-electron chi connectivity index (χ3n) is 6.62. The van der Waals surface area contributed by atoms with Crippen molar-refractivity contribution < 1.29 is 28.6 Å². The topological polar surface area (TPSA) is 107 Å². The van der Waals surface area contributed by atoms with Gasteiger partial charge in [-0.15, -0.1) is 0 Å². The number of carboxylic acids is 1. The number of carbonyl (C=O) groups is 2. The average molecular weight is 540 g/mol.